The van der Waals surface area contributed by atoms with Gasteiger partial charge in [-0.2, -0.15) is 0 Å². The van der Waals surface area contributed by atoms with Gasteiger partial charge < -0.3 is 25.0 Å². The van der Waals surface area contributed by atoms with E-state index in [1.807, 2.05) is 24.3 Å². The van der Waals surface area contributed by atoms with E-state index in [2.05, 4.69) is 34.4 Å². The molecule has 0 amide bonds. The summed E-state index contributed by atoms with van der Waals surface area (Å²) in [7, 11) is 1.78. The molecule has 134 valence electrons. The molecular formula is C18H30N4O2. The van der Waals surface area contributed by atoms with E-state index in [1.54, 1.807) is 7.05 Å². The molecule has 1 aromatic rings. The molecule has 1 unspecified atom stereocenters. The lowest BCUT2D eigenvalue weighted by Crippen LogP contribution is -2.47. The van der Waals surface area contributed by atoms with Crippen LogP contribution in [0.25, 0.3) is 0 Å². The molecule has 0 spiro atoms. The molecule has 6 nitrogen and oxygen atoms in total. The van der Waals surface area contributed by atoms with E-state index in [0.717, 1.165) is 43.6 Å². The smallest absolute Gasteiger partial charge is 0.191 e. The lowest BCUT2D eigenvalue weighted by Gasteiger charge is -2.27. The standard InChI is InChI=1S/C18H30N4O2/c1-4-11-22(5-2)12-10-20-18(19-3)21-13-15-14-23-16-8-6-7-9-17(16)24-15/h6-9,15H,4-5,10-14H2,1-3H3,(H2,19,20,21). The van der Waals surface area contributed by atoms with Gasteiger partial charge in [0, 0.05) is 20.1 Å². The first-order chi connectivity index (χ1) is 11.8. The van der Waals surface area contributed by atoms with E-state index in [0.29, 0.717) is 13.2 Å². The molecular weight excluding hydrogens is 304 g/mol. The predicted octanol–water partition coefficient (Wildman–Crippen LogP) is 1.72. The maximum atomic E-state index is 5.94. The molecule has 0 saturated carbocycles. The quantitative estimate of drug-likeness (QED) is 0.560. The number of para-hydroxylation sites is 2. The van der Waals surface area contributed by atoms with Crippen LogP contribution in [0, 0.1) is 0 Å². The molecule has 1 aliphatic rings. The summed E-state index contributed by atoms with van der Waals surface area (Å²) in [6.07, 6.45) is 1.16. The number of nitrogens with zero attached hydrogens (tertiary/aromatic N) is 2. The molecule has 0 aliphatic carbocycles. The highest BCUT2D eigenvalue weighted by molar-refractivity contribution is 5.79. The number of nitrogens with one attached hydrogen (secondary N) is 2. The normalized spacial score (nSPS) is 17.0. The summed E-state index contributed by atoms with van der Waals surface area (Å²) in [5.74, 6) is 2.41. The average molecular weight is 334 g/mol. The number of guanidine groups is 1. The number of fused-ring (bicyclic) bond motifs is 1. The fraction of sp³-hybridized carbons (Fsp3) is 0.611. The minimum atomic E-state index is -0.0225. The van der Waals surface area contributed by atoms with Crippen molar-refractivity contribution in [3.63, 3.8) is 0 Å². The van der Waals surface area contributed by atoms with Crippen LogP contribution in [0.3, 0.4) is 0 Å². The number of hydrogen-bond donors (Lipinski definition) is 2. The summed E-state index contributed by atoms with van der Waals surface area (Å²) in [6.45, 7) is 9.70. The summed E-state index contributed by atoms with van der Waals surface area (Å²) in [6, 6.07) is 7.76. The second-order valence-corrected chi connectivity index (χ2v) is 5.81. The fourth-order valence-electron chi connectivity index (χ4n) is 2.67. The molecule has 1 heterocycles. The van der Waals surface area contributed by atoms with E-state index < -0.39 is 0 Å². The highest BCUT2D eigenvalue weighted by Crippen LogP contribution is 2.30. The fourth-order valence-corrected chi connectivity index (χ4v) is 2.67. The van der Waals surface area contributed by atoms with Gasteiger partial charge in [0.1, 0.15) is 12.7 Å². The molecule has 0 saturated heterocycles. The number of aliphatic imine (C=N–C) groups is 1. The minimum absolute atomic E-state index is 0.0225. The van der Waals surface area contributed by atoms with Gasteiger partial charge in [-0.15, -0.1) is 0 Å². The SMILES string of the molecule is CCCN(CC)CCNC(=NC)NCC1COc2ccccc2O1. The number of hydrogen-bond acceptors (Lipinski definition) is 4. The Labute approximate surface area is 145 Å². The number of likely N-dealkylation sites (N-methyl/N-ethyl adjacent to an activating group) is 1. The molecule has 2 rings (SSSR count). The van der Waals surface area contributed by atoms with Gasteiger partial charge in [-0.25, -0.2) is 0 Å². The van der Waals surface area contributed by atoms with Crippen LogP contribution >= 0.6 is 0 Å². The zero-order valence-corrected chi connectivity index (χ0v) is 15.0. The first-order valence-electron chi connectivity index (χ1n) is 8.82. The van der Waals surface area contributed by atoms with E-state index >= 15 is 0 Å². The Balaban J connectivity index is 1.70. The van der Waals surface area contributed by atoms with Crippen molar-refractivity contribution in [3.05, 3.63) is 24.3 Å². The third-order valence-electron chi connectivity index (χ3n) is 4.00. The van der Waals surface area contributed by atoms with Crippen LogP contribution in [0.5, 0.6) is 11.5 Å². The molecule has 0 bridgehead atoms. The predicted molar refractivity (Wildman–Crippen MR) is 98.1 cm³/mol. The molecule has 1 atom stereocenters. The monoisotopic (exact) mass is 334 g/mol. The summed E-state index contributed by atoms with van der Waals surface area (Å²) < 4.78 is 11.7. The number of benzene rings is 1. The Bertz CT molecular complexity index is 521. The minimum Gasteiger partial charge on any atom is -0.486 e. The Morgan fingerprint density at radius 3 is 2.71 bits per heavy atom. The number of rotatable bonds is 8. The van der Waals surface area contributed by atoms with Crippen molar-refractivity contribution in [2.45, 2.75) is 26.4 Å². The van der Waals surface area contributed by atoms with Crippen LogP contribution in [0.4, 0.5) is 0 Å². The highest BCUT2D eigenvalue weighted by Gasteiger charge is 2.20. The summed E-state index contributed by atoms with van der Waals surface area (Å²) in [5.41, 5.74) is 0. The van der Waals surface area contributed by atoms with Gasteiger partial charge in [0.2, 0.25) is 0 Å². The second-order valence-electron chi connectivity index (χ2n) is 5.81. The zero-order chi connectivity index (χ0) is 17.2. The van der Waals surface area contributed by atoms with Gasteiger partial charge in [-0.1, -0.05) is 26.0 Å². The van der Waals surface area contributed by atoms with Crippen molar-refractivity contribution >= 4 is 5.96 Å². The van der Waals surface area contributed by atoms with Gasteiger partial charge in [0.25, 0.3) is 0 Å². The van der Waals surface area contributed by atoms with E-state index in [9.17, 15) is 0 Å². The number of ether oxygens (including phenoxy) is 2. The van der Waals surface area contributed by atoms with E-state index in [1.165, 1.54) is 6.42 Å². The summed E-state index contributed by atoms with van der Waals surface area (Å²) in [5, 5.41) is 6.66. The van der Waals surface area contributed by atoms with Gasteiger partial charge >= 0.3 is 0 Å². The summed E-state index contributed by atoms with van der Waals surface area (Å²) >= 11 is 0. The van der Waals surface area contributed by atoms with Crippen LogP contribution in [0.15, 0.2) is 29.3 Å². The average Bonchev–Trinajstić information content (AvgIpc) is 2.63. The van der Waals surface area contributed by atoms with Crippen LogP contribution in [0.2, 0.25) is 0 Å². The van der Waals surface area contributed by atoms with E-state index in [4.69, 9.17) is 9.47 Å². The van der Waals surface area contributed by atoms with Gasteiger partial charge in [0.15, 0.2) is 17.5 Å². The Morgan fingerprint density at radius 1 is 1.21 bits per heavy atom. The molecule has 0 fully saturated rings. The third-order valence-corrected chi connectivity index (χ3v) is 4.00. The Hall–Kier alpha value is -1.95. The van der Waals surface area contributed by atoms with Crippen molar-refractivity contribution in [2.75, 3.05) is 46.4 Å². The molecule has 1 aliphatic heterocycles. The third kappa shape index (κ3) is 5.60. The second kappa shape index (κ2) is 10.0. The Morgan fingerprint density at radius 2 is 2.00 bits per heavy atom. The first-order valence-corrected chi connectivity index (χ1v) is 8.82. The van der Waals surface area contributed by atoms with Gasteiger partial charge in [0.05, 0.1) is 6.54 Å². The topological polar surface area (TPSA) is 58.1 Å². The lowest BCUT2D eigenvalue weighted by molar-refractivity contribution is 0.0936. The van der Waals surface area contributed by atoms with Gasteiger partial charge in [-0.05, 0) is 31.6 Å². The van der Waals surface area contributed by atoms with Crippen molar-refractivity contribution in [1.82, 2.24) is 15.5 Å². The van der Waals surface area contributed by atoms with Crippen LogP contribution in [0.1, 0.15) is 20.3 Å². The lowest BCUT2D eigenvalue weighted by atomic mass is 10.2. The molecule has 0 aromatic heterocycles. The maximum Gasteiger partial charge on any atom is 0.191 e. The van der Waals surface area contributed by atoms with Crippen LogP contribution in [-0.4, -0.2) is 63.3 Å². The molecule has 1 aromatic carbocycles. The van der Waals surface area contributed by atoms with Crippen molar-refractivity contribution in [2.24, 2.45) is 4.99 Å². The van der Waals surface area contributed by atoms with Crippen molar-refractivity contribution < 1.29 is 9.47 Å². The first kappa shape index (κ1) is 18.4. The maximum absolute atomic E-state index is 5.94. The largest absolute Gasteiger partial charge is 0.486 e. The Kier molecular flexibility index (Phi) is 7.68. The molecule has 0 radical (unpaired) electrons. The molecule has 6 heteroatoms. The summed E-state index contributed by atoms with van der Waals surface area (Å²) in [4.78, 5) is 6.69. The molecule has 2 N–H and O–H groups in total. The van der Waals surface area contributed by atoms with Crippen molar-refractivity contribution in [3.8, 4) is 11.5 Å². The van der Waals surface area contributed by atoms with Crippen molar-refractivity contribution in [1.29, 1.82) is 0 Å². The highest BCUT2D eigenvalue weighted by atomic mass is 16.6. The van der Waals surface area contributed by atoms with Gasteiger partial charge in [-0.3, -0.25) is 4.99 Å². The van der Waals surface area contributed by atoms with Crippen LogP contribution in [-0.2, 0) is 0 Å². The molecule has 24 heavy (non-hydrogen) atoms. The van der Waals surface area contributed by atoms with Crippen LogP contribution < -0.4 is 20.1 Å². The zero-order valence-electron chi connectivity index (χ0n) is 15.0. The van der Waals surface area contributed by atoms with E-state index in [-0.39, 0.29) is 6.10 Å².